The predicted octanol–water partition coefficient (Wildman–Crippen LogP) is 3.54. The summed E-state index contributed by atoms with van der Waals surface area (Å²) < 4.78 is 31.4. The maximum absolute atomic E-state index is 15.5. The number of nitrogens with zero attached hydrogens (tertiary/aromatic N) is 3. The number of azide groups is 1. The maximum atomic E-state index is 15.5. The van der Waals surface area contributed by atoms with E-state index in [1.54, 1.807) is 13.8 Å². The lowest BCUT2D eigenvalue weighted by molar-refractivity contribution is -0.162. The van der Waals surface area contributed by atoms with Crippen molar-refractivity contribution in [2.75, 3.05) is 19.8 Å². The molecule has 9 heteroatoms. The van der Waals surface area contributed by atoms with Crippen LogP contribution in [0, 0.1) is 11.8 Å². The maximum Gasteiger partial charge on any atom is 0.344 e. The molecule has 0 bridgehead atoms. The van der Waals surface area contributed by atoms with E-state index in [0.717, 1.165) is 12.0 Å². The Balaban J connectivity index is 1.77. The van der Waals surface area contributed by atoms with Crippen LogP contribution in [-0.4, -0.2) is 49.1 Å². The van der Waals surface area contributed by atoms with E-state index in [1.165, 1.54) is 0 Å². The third kappa shape index (κ3) is 3.63. The summed E-state index contributed by atoms with van der Waals surface area (Å²) in [5.41, 5.74) is 6.00. The molecular weight excluding hydrogens is 393 g/mol. The van der Waals surface area contributed by atoms with E-state index in [1.807, 2.05) is 30.3 Å². The highest BCUT2D eigenvalue weighted by atomic mass is 19.1. The van der Waals surface area contributed by atoms with Gasteiger partial charge in [0.25, 0.3) is 0 Å². The van der Waals surface area contributed by atoms with Crippen molar-refractivity contribution in [3.05, 3.63) is 46.3 Å². The van der Waals surface area contributed by atoms with Crippen LogP contribution in [0.2, 0.25) is 0 Å². The monoisotopic (exact) mass is 419 g/mol. The Morgan fingerprint density at radius 2 is 1.87 bits per heavy atom. The molecule has 1 aromatic carbocycles. The molecule has 2 fully saturated rings. The molecule has 0 saturated heterocycles. The molecule has 0 N–H and O–H groups in total. The van der Waals surface area contributed by atoms with E-state index in [4.69, 9.17) is 19.7 Å². The van der Waals surface area contributed by atoms with Gasteiger partial charge in [0.15, 0.2) is 5.54 Å². The normalized spacial score (nSPS) is 31.4. The lowest BCUT2D eigenvalue weighted by Gasteiger charge is -2.33. The van der Waals surface area contributed by atoms with Crippen molar-refractivity contribution in [3.8, 4) is 0 Å². The van der Waals surface area contributed by atoms with Crippen LogP contribution in [0.3, 0.4) is 0 Å². The number of hydrogen-bond acceptors (Lipinski definition) is 6. The van der Waals surface area contributed by atoms with Crippen molar-refractivity contribution >= 4 is 11.9 Å². The zero-order chi connectivity index (χ0) is 21.8. The molecule has 1 aromatic rings. The Kier molecular flexibility index (Phi) is 6.63. The minimum atomic E-state index is -2.37. The van der Waals surface area contributed by atoms with Crippen molar-refractivity contribution in [1.82, 2.24) is 0 Å². The summed E-state index contributed by atoms with van der Waals surface area (Å²) in [5, 5.41) is 3.69. The molecule has 30 heavy (non-hydrogen) atoms. The number of alkyl halides is 1. The molecule has 0 radical (unpaired) electrons. The smallest absolute Gasteiger partial charge is 0.344 e. The molecular formula is C21H26FN3O5. The van der Waals surface area contributed by atoms with E-state index < -0.39 is 41.1 Å². The molecule has 162 valence electrons. The van der Waals surface area contributed by atoms with Gasteiger partial charge in [-0.05, 0) is 44.2 Å². The van der Waals surface area contributed by atoms with Gasteiger partial charge < -0.3 is 14.2 Å². The van der Waals surface area contributed by atoms with Crippen LogP contribution >= 0.6 is 0 Å². The molecule has 0 aliphatic heterocycles. The van der Waals surface area contributed by atoms with E-state index >= 15 is 4.39 Å². The quantitative estimate of drug-likeness (QED) is 0.189. The number of carbonyl (C=O) groups excluding carboxylic acids is 2. The van der Waals surface area contributed by atoms with E-state index in [9.17, 15) is 9.59 Å². The summed E-state index contributed by atoms with van der Waals surface area (Å²) in [5.74, 6) is -3.87. The van der Waals surface area contributed by atoms with Crippen LogP contribution in [0.15, 0.2) is 35.4 Å². The van der Waals surface area contributed by atoms with Gasteiger partial charge in [0.1, 0.15) is 0 Å². The van der Waals surface area contributed by atoms with E-state index in [0.29, 0.717) is 13.0 Å². The van der Waals surface area contributed by atoms with Crippen molar-refractivity contribution in [2.24, 2.45) is 17.0 Å². The first-order valence-electron chi connectivity index (χ1n) is 10.2. The minimum Gasteiger partial charge on any atom is -0.465 e. The highest BCUT2D eigenvalue weighted by molar-refractivity contribution is 5.92. The highest BCUT2D eigenvalue weighted by Gasteiger charge is 2.86. The average molecular weight is 419 g/mol. The van der Waals surface area contributed by atoms with Gasteiger partial charge >= 0.3 is 11.9 Å². The number of rotatable bonds is 10. The first kappa shape index (κ1) is 22.1. The van der Waals surface area contributed by atoms with Crippen LogP contribution < -0.4 is 0 Å². The molecule has 5 atom stereocenters. The lowest BCUT2D eigenvalue weighted by atomic mass is 9.87. The molecule has 0 aromatic heterocycles. The summed E-state index contributed by atoms with van der Waals surface area (Å²) in [6, 6.07) is 9.84. The molecule has 8 nitrogen and oxygen atoms in total. The molecule has 2 aliphatic rings. The van der Waals surface area contributed by atoms with E-state index in [-0.39, 0.29) is 19.6 Å². The van der Waals surface area contributed by atoms with Crippen LogP contribution in [-0.2, 0) is 30.2 Å². The third-order valence-electron chi connectivity index (χ3n) is 5.89. The van der Waals surface area contributed by atoms with Crippen LogP contribution in [0.5, 0.6) is 0 Å². The van der Waals surface area contributed by atoms with Gasteiger partial charge in [-0.15, -0.1) is 0 Å². The average Bonchev–Trinajstić information content (AvgIpc) is 3.19. The van der Waals surface area contributed by atoms with Crippen molar-refractivity contribution < 1.29 is 28.2 Å². The number of aryl methyl sites for hydroxylation is 1. The second kappa shape index (κ2) is 9.02. The van der Waals surface area contributed by atoms with Gasteiger partial charge in [0.05, 0.1) is 19.3 Å². The van der Waals surface area contributed by atoms with Gasteiger partial charge in [0.2, 0.25) is 5.67 Å². The molecule has 0 spiro atoms. The minimum absolute atomic E-state index is 0.0112. The fourth-order valence-electron chi connectivity index (χ4n) is 4.58. The Bertz CT molecular complexity index is 831. The largest absolute Gasteiger partial charge is 0.465 e. The van der Waals surface area contributed by atoms with Gasteiger partial charge in [-0.3, -0.25) is 4.79 Å². The number of fused-ring (bicyclic) bond motifs is 1. The van der Waals surface area contributed by atoms with Crippen LogP contribution in [0.25, 0.3) is 10.4 Å². The second-order valence-electron chi connectivity index (χ2n) is 7.49. The van der Waals surface area contributed by atoms with Crippen LogP contribution in [0.1, 0.15) is 32.3 Å². The Hall–Kier alpha value is -2.64. The van der Waals surface area contributed by atoms with Gasteiger partial charge in [0, 0.05) is 23.4 Å². The van der Waals surface area contributed by atoms with Crippen molar-refractivity contribution in [2.45, 2.75) is 50.4 Å². The van der Waals surface area contributed by atoms with Crippen LogP contribution in [0.4, 0.5) is 4.39 Å². The fraction of sp³-hybridized carbons (Fsp3) is 0.619. The predicted molar refractivity (Wildman–Crippen MR) is 105 cm³/mol. The van der Waals surface area contributed by atoms with Crippen molar-refractivity contribution in [3.63, 3.8) is 0 Å². The second-order valence-corrected chi connectivity index (χ2v) is 7.49. The molecule has 0 amide bonds. The molecule has 3 rings (SSSR count). The topological polar surface area (TPSA) is 111 Å². The zero-order valence-electron chi connectivity index (χ0n) is 17.1. The SMILES string of the molecule is CCOC(=O)[C@@]1(F)[C@@H]2C[C@@H](OCCCc3ccccc3)[C@@](N=[N+]=[N-])(C(=O)OCC)[C@@H]21. The van der Waals surface area contributed by atoms with Gasteiger partial charge in [-0.2, -0.15) is 0 Å². The Morgan fingerprint density at radius 3 is 2.50 bits per heavy atom. The number of carbonyl (C=O) groups is 2. The Morgan fingerprint density at radius 1 is 1.20 bits per heavy atom. The number of ether oxygens (including phenoxy) is 3. The summed E-state index contributed by atoms with van der Waals surface area (Å²) in [6.45, 7) is 3.50. The highest BCUT2D eigenvalue weighted by Crippen LogP contribution is 2.69. The van der Waals surface area contributed by atoms with Gasteiger partial charge in [-0.25, -0.2) is 9.18 Å². The fourth-order valence-corrected chi connectivity index (χ4v) is 4.58. The third-order valence-corrected chi connectivity index (χ3v) is 5.89. The van der Waals surface area contributed by atoms with Crippen molar-refractivity contribution in [1.29, 1.82) is 0 Å². The number of halogens is 1. The zero-order valence-corrected chi connectivity index (χ0v) is 17.1. The molecule has 0 unspecified atom stereocenters. The molecule has 2 saturated carbocycles. The number of benzene rings is 1. The summed E-state index contributed by atoms with van der Waals surface area (Å²) in [7, 11) is 0. The van der Waals surface area contributed by atoms with Gasteiger partial charge in [-0.1, -0.05) is 35.4 Å². The summed E-state index contributed by atoms with van der Waals surface area (Å²) in [4.78, 5) is 27.8. The Labute approximate surface area is 174 Å². The lowest BCUT2D eigenvalue weighted by Crippen LogP contribution is -2.53. The molecule has 0 heterocycles. The number of hydrogen-bond donors (Lipinski definition) is 0. The summed E-state index contributed by atoms with van der Waals surface area (Å²) >= 11 is 0. The van der Waals surface area contributed by atoms with E-state index in [2.05, 4.69) is 10.0 Å². The first-order valence-corrected chi connectivity index (χ1v) is 10.2. The molecule has 2 aliphatic carbocycles. The first-order chi connectivity index (χ1) is 14.5. The number of esters is 2. The summed E-state index contributed by atoms with van der Waals surface area (Å²) in [6.07, 6.45) is 0.647. The standard InChI is InChI=1S/C21H26FN3O5/c1-3-28-18(26)20(22)15-13-16(30-12-8-11-14-9-6-5-7-10-14)21(17(15)20,24-25-23)19(27)29-4-2/h5-7,9-10,15-17H,3-4,8,11-13H2,1-2H3/t15-,16-,17+,20-,21+/m1/s1.